The quantitative estimate of drug-likeness (QED) is 0.662. The lowest BCUT2D eigenvalue weighted by molar-refractivity contribution is 0.0925. The molecule has 1 saturated heterocycles. The summed E-state index contributed by atoms with van der Waals surface area (Å²) in [4.78, 5) is 41.7. The summed E-state index contributed by atoms with van der Waals surface area (Å²) >= 11 is 0. The summed E-state index contributed by atoms with van der Waals surface area (Å²) in [6, 6.07) is 10.7. The zero-order valence-electron chi connectivity index (χ0n) is 19.7. The molecule has 0 bridgehead atoms. The summed E-state index contributed by atoms with van der Waals surface area (Å²) in [6.45, 7) is 2.49. The molecule has 1 unspecified atom stereocenters. The van der Waals surface area contributed by atoms with E-state index in [9.17, 15) is 14.4 Å². The Kier molecular flexibility index (Phi) is 6.81. The number of rotatable bonds is 7. The molecule has 2 amide bonds. The molecule has 3 aliphatic rings. The van der Waals surface area contributed by atoms with Gasteiger partial charge in [-0.1, -0.05) is 49.6 Å². The van der Waals surface area contributed by atoms with Gasteiger partial charge in [-0.3, -0.25) is 19.3 Å². The molecule has 1 aliphatic heterocycles. The van der Waals surface area contributed by atoms with Crippen molar-refractivity contribution in [2.75, 3.05) is 13.1 Å². The minimum atomic E-state index is -0.471. The Hall–Kier alpha value is -2.93. The van der Waals surface area contributed by atoms with Crippen LogP contribution in [-0.2, 0) is 6.54 Å². The predicted molar refractivity (Wildman–Crippen MR) is 131 cm³/mol. The van der Waals surface area contributed by atoms with Gasteiger partial charge in [0.15, 0.2) is 0 Å². The van der Waals surface area contributed by atoms with Crippen molar-refractivity contribution in [3.8, 4) is 0 Å². The van der Waals surface area contributed by atoms with Crippen molar-refractivity contribution in [1.82, 2.24) is 20.1 Å². The van der Waals surface area contributed by atoms with Gasteiger partial charge in [0.05, 0.1) is 0 Å². The number of pyridine rings is 1. The third-order valence-electron chi connectivity index (χ3n) is 7.30. The maximum absolute atomic E-state index is 13.2. The number of carbonyl (C=O) groups is 2. The van der Waals surface area contributed by atoms with Gasteiger partial charge < -0.3 is 15.2 Å². The molecular weight excluding hydrogens is 428 g/mol. The molecule has 2 saturated carbocycles. The van der Waals surface area contributed by atoms with Crippen molar-refractivity contribution in [3.05, 3.63) is 69.6 Å². The van der Waals surface area contributed by atoms with E-state index >= 15 is 0 Å². The van der Waals surface area contributed by atoms with Gasteiger partial charge in [0.2, 0.25) is 5.43 Å². The Labute approximate surface area is 200 Å². The molecule has 2 heterocycles. The van der Waals surface area contributed by atoms with E-state index in [1.807, 2.05) is 22.8 Å². The van der Waals surface area contributed by atoms with Crippen LogP contribution in [0.5, 0.6) is 0 Å². The van der Waals surface area contributed by atoms with E-state index in [1.54, 1.807) is 12.4 Å². The minimum Gasteiger partial charge on any atom is -0.349 e. The fourth-order valence-electron chi connectivity index (χ4n) is 5.21. The molecule has 34 heavy (non-hydrogen) atoms. The number of hydrogen-bond donors (Lipinski definition) is 2. The third kappa shape index (κ3) is 5.41. The molecule has 180 valence electrons. The van der Waals surface area contributed by atoms with Gasteiger partial charge in [0.1, 0.15) is 11.1 Å². The van der Waals surface area contributed by atoms with Crippen LogP contribution in [0.1, 0.15) is 83.7 Å². The maximum Gasteiger partial charge on any atom is 0.257 e. The fraction of sp³-hybridized carbons (Fsp3) is 0.519. The van der Waals surface area contributed by atoms with Crippen LogP contribution >= 0.6 is 0 Å². The molecule has 1 atom stereocenters. The van der Waals surface area contributed by atoms with Crippen LogP contribution in [0.2, 0.25) is 0 Å². The highest BCUT2D eigenvalue weighted by atomic mass is 16.2. The second-order valence-corrected chi connectivity index (χ2v) is 10.1. The summed E-state index contributed by atoms with van der Waals surface area (Å²) in [5.41, 5.74) is 0.937. The van der Waals surface area contributed by atoms with Crippen LogP contribution in [0.25, 0.3) is 0 Å². The monoisotopic (exact) mass is 462 g/mol. The van der Waals surface area contributed by atoms with Crippen LogP contribution < -0.4 is 16.1 Å². The van der Waals surface area contributed by atoms with Crippen LogP contribution in [0, 0.1) is 0 Å². The Morgan fingerprint density at radius 3 is 2.12 bits per heavy atom. The van der Waals surface area contributed by atoms with E-state index in [2.05, 4.69) is 27.7 Å². The minimum absolute atomic E-state index is 0.00953. The van der Waals surface area contributed by atoms with E-state index in [0.29, 0.717) is 0 Å². The van der Waals surface area contributed by atoms with Gasteiger partial charge >= 0.3 is 0 Å². The summed E-state index contributed by atoms with van der Waals surface area (Å²) in [7, 11) is 0. The first-order valence-corrected chi connectivity index (χ1v) is 12.7. The molecule has 7 heteroatoms. The van der Waals surface area contributed by atoms with Gasteiger partial charge in [-0.15, -0.1) is 0 Å². The number of benzene rings is 1. The fourth-order valence-corrected chi connectivity index (χ4v) is 5.21. The number of carbonyl (C=O) groups excluding carboxylic acids is 2. The molecule has 0 spiro atoms. The number of nitrogens with zero attached hydrogens (tertiary/aromatic N) is 2. The van der Waals surface area contributed by atoms with Gasteiger partial charge in [-0.2, -0.15) is 0 Å². The number of amides is 2. The van der Waals surface area contributed by atoms with E-state index in [4.69, 9.17) is 0 Å². The Balaban J connectivity index is 1.28. The Bertz CT molecular complexity index is 1090. The second kappa shape index (κ2) is 10.1. The van der Waals surface area contributed by atoms with Crippen molar-refractivity contribution >= 4 is 11.8 Å². The molecule has 5 rings (SSSR count). The van der Waals surface area contributed by atoms with Crippen molar-refractivity contribution in [3.63, 3.8) is 0 Å². The first-order valence-electron chi connectivity index (χ1n) is 12.7. The SMILES string of the molecule is O=C(NC1CCCCC1)c1cn(C2CC2)cc(C(=O)NC2CCN(Cc3ccccc3)C2)c1=O. The Morgan fingerprint density at radius 1 is 0.824 bits per heavy atom. The van der Waals surface area contributed by atoms with Crippen LogP contribution in [0.15, 0.2) is 47.5 Å². The Morgan fingerprint density at radius 2 is 1.47 bits per heavy atom. The van der Waals surface area contributed by atoms with Crippen LogP contribution in [0.3, 0.4) is 0 Å². The lowest BCUT2D eigenvalue weighted by atomic mass is 9.95. The summed E-state index contributed by atoms with van der Waals surface area (Å²) in [5.74, 6) is -0.728. The summed E-state index contributed by atoms with van der Waals surface area (Å²) in [6.07, 6.45) is 11.4. The maximum atomic E-state index is 13.2. The first-order chi connectivity index (χ1) is 16.6. The molecule has 2 aromatic rings. The van der Waals surface area contributed by atoms with Crippen LogP contribution in [0.4, 0.5) is 0 Å². The molecule has 3 fully saturated rings. The molecule has 2 aliphatic carbocycles. The number of aromatic nitrogens is 1. The number of hydrogen-bond acceptors (Lipinski definition) is 4. The van der Waals surface area contributed by atoms with Crippen LogP contribution in [-0.4, -0.2) is 46.5 Å². The molecule has 1 aromatic carbocycles. The highest BCUT2D eigenvalue weighted by molar-refractivity contribution is 5.99. The van der Waals surface area contributed by atoms with Gasteiger partial charge in [-0.05, 0) is 37.7 Å². The third-order valence-corrected chi connectivity index (χ3v) is 7.30. The van der Waals surface area contributed by atoms with Crippen molar-refractivity contribution < 1.29 is 9.59 Å². The number of likely N-dealkylation sites (tertiary alicyclic amines) is 1. The predicted octanol–water partition coefficient (Wildman–Crippen LogP) is 3.25. The molecular formula is C27H34N4O3. The normalized spacial score (nSPS) is 21.4. The first kappa shape index (κ1) is 22.8. The van der Waals surface area contributed by atoms with Gasteiger partial charge in [-0.25, -0.2) is 0 Å². The van der Waals surface area contributed by atoms with Gasteiger partial charge in [0.25, 0.3) is 11.8 Å². The number of nitrogens with one attached hydrogen (secondary N) is 2. The second-order valence-electron chi connectivity index (χ2n) is 10.1. The summed E-state index contributed by atoms with van der Waals surface area (Å²) in [5, 5.41) is 6.10. The lowest BCUT2D eigenvalue weighted by Crippen LogP contribution is -2.42. The lowest BCUT2D eigenvalue weighted by Gasteiger charge is -2.23. The molecule has 2 N–H and O–H groups in total. The molecule has 1 aromatic heterocycles. The topological polar surface area (TPSA) is 83.4 Å². The molecule has 0 radical (unpaired) electrons. The van der Waals surface area contributed by atoms with E-state index in [0.717, 1.165) is 64.6 Å². The van der Waals surface area contributed by atoms with E-state index < -0.39 is 5.43 Å². The van der Waals surface area contributed by atoms with E-state index in [-0.39, 0.29) is 41.1 Å². The largest absolute Gasteiger partial charge is 0.349 e. The van der Waals surface area contributed by atoms with Gasteiger partial charge in [0, 0.05) is 50.2 Å². The highest BCUT2D eigenvalue weighted by Crippen LogP contribution is 2.34. The van der Waals surface area contributed by atoms with Crippen molar-refractivity contribution in [2.45, 2.75) is 76.0 Å². The molecule has 7 nitrogen and oxygen atoms in total. The summed E-state index contributed by atoms with van der Waals surface area (Å²) < 4.78 is 1.89. The van der Waals surface area contributed by atoms with E-state index in [1.165, 1.54) is 12.0 Å². The zero-order chi connectivity index (χ0) is 23.5. The standard InChI is InChI=1S/C27H34N4O3/c32-25-23(26(33)28-20-9-5-2-6-10-20)17-31(22-11-12-22)18-24(25)27(34)29-21-13-14-30(16-21)15-19-7-3-1-4-8-19/h1,3-4,7-8,17-18,20-22H,2,5-6,9-16H2,(H,28,33)(H,29,34). The zero-order valence-corrected chi connectivity index (χ0v) is 19.7. The van der Waals surface area contributed by atoms with Crippen molar-refractivity contribution in [2.24, 2.45) is 0 Å². The average Bonchev–Trinajstić information content (AvgIpc) is 3.61. The highest BCUT2D eigenvalue weighted by Gasteiger charge is 2.30. The average molecular weight is 463 g/mol. The van der Waals surface area contributed by atoms with Crippen molar-refractivity contribution in [1.29, 1.82) is 0 Å². The smallest absolute Gasteiger partial charge is 0.257 e.